The molecule has 6 atom stereocenters. The van der Waals surface area contributed by atoms with E-state index < -0.39 is 59.1 Å². The Morgan fingerprint density at radius 3 is 2.39 bits per heavy atom. The maximum Gasteiger partial charge on any atom is 0.329 e. The number of amides is 5. The Hall–Kier alpha value is -5.86. The van der Waals surface area contributed by atoms with Crippen LogP contribution in [0.5, 0.6) is 5.75 Å². The number of benzene rings is 3. The van der Waals surface area contributed by atoms with Gasteiger partial charge < -0.3 is 35.1 Å². The molecule has 5 heterocycles. The molecule has 5 amide bonds. The Labute approximate surface area is 450 Å². The molecule has 3 saturated heterocycles. The van der Waals surface area contributed by atoms with Gasteiger partial charge in [-0.05, 0) is 80.9 Å². The second-order valence-corrected chi connectivity index (χ2v) is 22.2. The number of rotatable bonds is 15. The highest BCUT2D eigenvalue weighted by Crippen LogP contribution is 2.56. The predicted octanol–water partition coefficient (Wildman–Crippen LogP) is 8.17. The quantitative estimate of drug-likeness (QED) is 0.0779. The summed E-state index contributed by atoms with van der Waals surface area (Å²) in [5.74, 6) is -3.68. The molecule has 77 heavy (non-hydrogen) atoms. The van der Waals surface area contributed by atoms with Gasteiger partial charge >= 0.3 is 6.03 Å². The molecule has 6 aliphatic rings. The van der Waals surface area contributed by atoms with Crippen LogP contribution in [0, 0.1) is 35.2 Å². The van der Waals surface area contributed by atoms with Gasteiger partial charge in [-0.1, -0.05) is 67.9 Å². The second-order valence-electron chi connectivity index (χ2n) is 21.8. The molecule has 3 unspecified atom stereocenters. The van der Waals surface area contributed by atoms with Crippen molar-refractivity contribution >= 4 is 57.6 Å². The van der Waals surface area contributed by atoms with E-state index in [0.29, 0.717) is 63.5 Å². The van der Waals surface area contributed by atoms with Gasteiger partial charge in [-0.25, -0.2) is 22.4 Å². The Balaban J connectivity index is 0.742. The zero-order valence-corrected chi connectivity index (χ0v) is 44.7. The fourth-order valence-corrected chi connectivity index (χ4v) is 13.4. The van der Waals surface area contributed by atoms with Gasteiger partial charge in [0.1, 0.15) is 29.0 Å². The number of aromatic nitrogens is 2. The van der Waals surface area contributed by atoms with Crippen molar-refractivity contribution in [2.24, 2.45) is 30.5 Å². The van der Waals surface area contributed by atoms with Crippen LogP contribution in [0.1, 0.15) is 99.3 Å². The van der Waals surface area contributed by atoms with E-state index in [1.165, 1.54) is 41.0 Å². The number of likely N-dealkylation sites (tertiary alicyclic amines) is 2. The van der Waals surface area contributed by atoms with Crippen LogP contribution in [-0.4, -0.2) is 128 Å². The number of nitrogens with zero attached hydrogens (tertiary/aromatic N) is 5. The number of alkyl halides is 1. The highest BCUT2D eigenvalue weighted by Gasteiger charge is 2.51. The van der Waals surface area contributed by atoms with Crippen LogP contribution in [0.3, 0.4) is 0 Å². The minimum atomic E-state index is -1.92. The monoisotopic (exact) mass is 1090 g/mol. The number of urea groups is 1. The number of hydrogen-bond acceptors (Lipinski definition) is 10. The third kappa shape index (κ3) is 10.4. The third-order valence-corrected chi connectivity index (χ3v) is 17.6. The standard InChI is InChI=1S/C57H67ClF4N8O7/c1-31-28-68(20-18-37(31)46-40(59)26-39-52(51(46)62)67(3)66-54(39)70-23-19-44(71)65-56(70)74)29-33-16-21-69(22-17-33)55(73)34-10-12-36(13-11-34)64-30-57(35-8-6-5-7-9-35)32(2)45-43(77-57)27-41(60)49(58)48(45)47-38(53(63)72)14-15-42(50(47)61)76-25-24-75-4/h5-9,14-15,26-27,31-34,36-37,42,50,64H,10-13,16-25,28-30H2,1-4H3,(H2,63,72)(H,65,71,74)/t31?,32-,34?,36?,37+,42?,50?,57-/m0/s1. The average Bonchev–Trinajstić information content (AvgIpc) is 3.91. The van der Waals surface area contributed by atoms with Gasteiger partial charge in [0.15, 0.2) is 23.4 Å². The van der Waals surface area contributed by atoms with E-state index in [-0.39, 0.29) is 106 Å². The molecule has 4 fully saturated rings. The maximum atomic E-state index is 16.8. The van der Waals surface area contributed by atoms with E-state index in [1.54, 1.807) is 7.05 Å². The molecule has 4 aromatic rings. The zero-order chi connectivity index (χ0) is 54.4. The lowest BCUT2D eigenvalue weighted by atomic mass is 9.75. The van der Waals surface area contributed by atoms with E-state index in [0.717, 1.165) is 37.8 Å². The zero-order valence-electron chi connectivity index (χ0n) is 43.9. The smallest absolute Gasteiger partial charge is 0.329 e. The Morgan fingerprint density at radius 1 is 0.961 bits per heavy atom. The fourth-order valence-electron chi connectivity index (χ4n) is 13.1. The summed E-state index contributed by atoms with van der Waals surface area (Å²) in [6.45, 7) is 8.15. The topological polar surface area (TPSA) is 174 Å². The molecule has 20 heteroatoms. The molecular formula is C57H67ClF4N8O7. The van der Waals surface area contributed by atoms with Crippen LogP contribution in [0.2, 0.25) is 5.02 Å². The van der Waals surface area contributed by atoms with Gasteiger partial charge in [0, 0.05) is 112 Å². The maximum absolute atomic E-state index is 16.8. The summed E-state index contributed by atoms with van der Waals surface area (Å²) in [6.07, 6.45) is 5.07. The number of ether oxygens (including phenoxy) is 3. The number of nitrogens with two attached hydrogens (primary N) is 1. The first-order valence-electron chi connectivity index (χ1n) is 26.9. The van der Waals surface area contributed by atoms with Crippen molar-refractivity contribution < 1.29 is 51.0 Å². The van der Waals surface area contributed by atoms with Crippen molar-refractivity contribution in [2.45, 2.75) is 101 Å². The van der Waals surface area contributed by atoms with Gasteiger partial charge in [0.2, 0.25) is 17.7 Å². The molecule has 1 aromatic heterocycles. The van der Waals surface area contributed by atoms with Crippen molar-refractivity contribution in [2.75, 3.05) is 71.0 Å². The molecule has 0 bridgehead atoms. The summed E-state index contributed by atoms with van der Waals surface area (Å²) < 4.78 is 84.2. The van der Waals surface area contributed by atoms with Gasteiger partial charge in [-0.2, -0.15) is 5.10 Å². The number of nitrogens with one attached hydrogen (secondary N) is 2. The number of methoxy groups -OCH3 is 1. The molecule has 2 aliphatic carbocycles. The van der Waals surface area contributed by atoms with Crippen molar-refractivity contribution in [3.63, 3.8) is 0 Å². The number of halogens is 5. The molecule has 3 aromatic carbocycles. The molecule has 10 rings (SSSR count). The number of hydrogen-bond donors (Lipinski definition) is 3. The molecule has 0 spiro atoms. The van der Waals surface area contributed by atoms with E-state index in [9.17, 15) is 19.2 Å². The van der Waals surface area contributed by atoms with Crippen molar-refractivity contribution in [3.8, 4) is 5.75 Å². The number of fused-ring (bicyclic) bond motifs is 2. The lowest BCUT2D eigenvalue weighted by Crippen LogP contribution is -2.49. The SMILES string of the molecule is COCCOC1C=CC(C(N)=O)=C(c2c(Cl)c(F)cc3c2[C@H](C)[C@@](CNC2CCC(C(=O)N4CCC(CN5CC[C@@H](c6c(F)cc7c(N8CCC(=O)NC8=O)nn(C)c7c6F)C(C)C5)CC4)CC2)(c2ccccc2)O3)C1F. The van der Waals surface area contributed by atoms with Gasteiger partial charge in [0.05, 0.1) is 23.6 Å². The minimum absolute atomic E-state index is 0.0209. The molecule has 4 N–H and O–H groups in total. The van der Waals surface area contributed by atoms with Crippen LogP contribution in [0.4, 0.5) is 28.2 Å². The first-order valence-corrected chi connectivity index (χ1v) is 27.3. The van der Waals surface area contributed by atoms with Crippen LogP contribution in [0.25, 0.3) is 16.5 Å². The number of carbonyl (C=O) groups excluding carboxylic acids is 4. The molecule has 412 valence electrons. The number of carbonyl (C=O) groups is 4. The highest BCUT2D eigenvalue weighted by molar-refractivity contribution is 6.33. The Bertz CT molecular complexity index is 3000. The van der Waals surface area contributed by atoms with Crippen LogP contribution < -0.4 is 26.0 Å². The van der Waals surface area contributed by atoms with Crippen LogP contribution in [-0.2, 0) is 36.5 Å². The molecule has 1 saturated carbocycles. The number of primary amides is 1. The molecule has 4 aliphatic heterocycles. The van der Waals surface area contributed by atoms with E-state index in [2.05, 4.69) is 20.6 Å². The number of aryl methyl sites for hydroxylation is 1. The molecular weight excluding hydrogens is 1020 g/mol. The lowest BCUT2D eigenvalue weighted by molar-refractivity contribution is -0.138. The number of anilines is 1. The third-order valence-electron chi connectivity index (χ3n) is 17.2. The van der Waals surface area contributed by atoms with Crippen molar-refractivity contribution in [3.05, 3.63) is 105 Å². The van der Waals surface area contributed by atoms with Crippen molar-refractivity contribution in [1.82, 2.24) is 30.2 Å². The van der Waals surface area contributed by atoms with E-state index in [1.807, 2.05) is 49.1 Å². The second kappa shape index (κ2) is 22.5. The highest BCUT2D eigenvalue weighted by atomic mass is 35.5. The van der Waals surface area contributed by atoms with Crippen molar-refractivity contribution in [1.29, 1.82) is 0 Å². The van der Waals surface area contributed by atoms with Crippen LogP contribution >= 0.6 is 11.6 Å². The predicted molar refractivity (Wildman–Crippen MR) is 282 cm³/mol. The summed E-state index contributed by atoms with van der Waals surface area (Å²) in [7, 11) is 3.06. The Morgan fingerprint density at radius 2 is 1.70 bits per heavy atom. The number of imide groups is 1. The fraction of sp³-hybridized carbons (Fsp3) is 0.526. The van der Waals surface area contributed by atoms with Crippen LogP contribution in [0.15, 0.2) is 60.2 Å². The minimum Gasteiger partial charge on any atom is -0.480 e. The molecule has 0 radical (unpaired) electrons. The summed E-state index contributed by atoms with van der Waals surface area (Å²) in [4.78, 5) is 56.9. The Kier molecular flexibility index (Phi) is 15.9. The summed E-state index contributed by atoms with van der Waals surface area (Å²) in [5, 5.41) is 10.2. The van der Waals surface area contributed by atoms with Gasteiger partial charge in [0.25, 0.3) is 0 Å². The average molecular weight is 1090 g/mol. The summed E-state index contributed by atoms with van der Waals surface area (Å²) in [6, 6.07) is 11.4. The van der Waals surface area contributed by atoms with Gasteiger partial charge in [-0.15, -0.1) is 0 Å². The van der Waals surface area contributed by atoms with Gasteiger partial charge in [-0.3, -0.25) is 29.3 Å². The lowest BCUT2D eigenvalue weighted by Gasteiger charge is -2.41. The largest absolute Gasteiger partial charge is 0.480 e. The first-order chi connectivity index (χ1) is 37.0. The summed E-state index contributed by atoms with van der Waals surface area (Å²) in [5.41, 5.74) is 5.86. The van der Waals surface area contributed by atoms with E-state index in [4.69, 9.17) is 31.5 Å². The number of piperidine rings is 2. The molecule has 15 nitrogen and oxygen atoms in total. The normalized spacial score (nSPS) is 27.3. The van der Waals surface area contributed by atoms with E-state index >= 15 is 17.6 Å². The first kappa shape index (κ1) is 54.5. The summed E-state index contributed by atoms with van der Waals surface area (Å²) >= 11 is 6.79.